The van der Waals surface area contributed by atoms with Crippen molar-refractivity contribution in [2.24, 2.45) is 0 Å². The number of aryl methyl sites for hydroxylation is 1. The predicted molar refractivity (Wildman–Crippen MR) is 163 cm³/mol. The molecule has 3 rings (SSSR count). The van der Waals surface area contributed by atoms with E-state index in [0.717, 1.165) is 9.87 Å². The van der Waals surface area contributed by atoms with Crippen LogP contribution in [0.5, 0.6) is 5.75 Å². The van der Waals surface area contributed by atoms with Crippen molar-refractivity contribution in [2.75, 3.05) is 18.0 Å². The summed E-state index contributed by atoms with van der Waals surface area (Å²) in [7, 11) is -2.82. The van der Waals surface area contributed by atoms with E-state index < -0.39 is 40.0 Å². The highest BCUT2D eigenvalue weighted by Crippen LogP contribution is 2.34. The van der Waals surface area contributed by atoms with Crippen LogP contribution in [0.4, 0.5) is 5.69 Å². The second-order valence-corrected chi connectivity index (χ2v) is 13.3. The van der Waals surface area contributed by atoms with Gasteiger partial charge in [-0.2, -0.15) is 0 Å². The van der Waals surface area contributed by atoms with Crippen LogP contribution in [0.3, 0.4) is 0 Å². The average molecular weight is 621 g/mol. The number of carbonyl (C=O) groups is 2. The van der Waals surface area contributed by atoms with Crippen LogP contribution in [-0.4, -0.2) is 50.4 Å². The van der Waals surface area contributed by atoms with Gasteiger partial charge in [0.15, 0.2) is 0 Å². The zero-order valence-electron chi connectivity index (χ0n) is 23.9. The smallest absolute Gasteiger partial charge is 0.264 e. The molecule has 0 saturated carbocycles. The number of hydrogen-bond donors (Lipinski definition) is 1. The lowest BCUT2D eigenvalue weighted by Crippen LogP contribution is -2.54. The minimum absolute atomic E-state index is 0.00409. The summed E-state index contributed by atoms with van der Waals surface area (Å²) in [5, 5.41) is 3.51. The molecule has 0 fully saturated rings. The second kappa shape index (κ2) is 13.1. The van der Waals surface area contributed by atoms with E-state index in [2.05, 4.69) is 5.32 Å². The van der Waals surface area contributed by atoms with Crippen molar-refractivity contribution in [3.8, 4) is 5.75 Å². The van der Waals surface area contributed by atoms with Gasteiger partial charge in [0.2, 0.25) is 11.8 Å². The lowest BCUT2D eigenvalue weighted by Gasteiger charge is -2.34. The Kier molecular flexibility index (Phi) is 10.3. The molecule has 0 heterocycles. The molecular weight excluding hydrogens is 585 g/mol. The monoisotopic (exact) mass is 619 g/mol. The molecule has 41 heavy (non-hydrogen) atoms. The molecule has 1 N–H and O–H groups in total. The fourth-order valence-corrected chi connectivity index (χ4v) is 6.09. The molecule has 2 amide bonds. The molecule has 220 valence electrons. The number of nitrogens with one attached hydrogen (secondary N) is 1. The number of hydrogen-bond acceptors (Lipinski definition) is 5. The van der Waals surface area contributed by atoms with Gasteiger partial charge < -0.3 is 15.0 Å². The summed E-state index contributed by atoms with van der Waals surface area (Å²) < 4.78 is 34.5. The van der Waals surface area contributed by atoms with Crippen molar-refractivity contribution in [1.29, 1.82) is 0 Å². The molecule has 0 bridgehead atoms. The Balaban J connectivity index is 2.14. The maximum atomic E-state index is 14.1. The highest BCUT2D eigenvalue weighted by molar-refractivity contribution is 7.92. The summed E-state index contributed by atoms with van der Waals surface area (Å²) in [4.78, 5) is 28.7. The van der Waals surface area contributed by atoms with Crippen LogP contribution in [0, 0.1) is 6.92 Å². The first-order valence-electron chi connectivity index (χ1n) is 12.9. The Hall–Kier alpha value is -3.27. The topological polar surface area (TPSA) is 96.0 Å². The molecule has 0 aliphatic heterocycles. The minimum atomic E-state index is -4.24. The van der Waals surface area contributed by atoms with Crippen LogP contribution in [-0.2, 0) is 26.2 Å². The van der Waals surface area contributed by atoms with Gasteiger partial charge in [0.25, 0.3) is 10.0 Å². The first-order chi connectivity index (χ1) is 19.2. The molecule has 11 heteroatoms. The number of benzene rings is 3. The van der Waals surface area contributed by atoms with Crippen molar-refractivity contribution in [3.05, 3.63) is 87.9 Å². The molecule has 1 atom stereocenters. The Bertz CT molecular complexity index is 1490. The zero-order valence-corrected chi connectivity index (χ0v) is 26.3. The van der Waals surface area contributed by atoms with E-state index in [9.17, 15) is 18.0 Å². The van der Waals surface area contributed by atoms with Crippen molar-refractivity contribution in [2.45, 2.75) is 57.6 Å². The van der Waals surface area contributed by atoms with Crippen LogP contribution < -0.4 is 14.4 Å². The highest BCUT2D eigenvalue weighted by Gasteiger charge is 2.35. The number of amides is 2. The van der Waals surface area contributed by atoms with E-state index in [-0.39, 0.29) is 22.9 Å². The highest BCUT2D eigenvalue weighted by atomic mass is 35.5. The van der Waals surface area contributed by atoms with Gasteiger partial charge in [-0.15, -0.1) is 0 Å². The third kappa shape index (κ3) is 7.93. The zero-order chi connectivity index (χ0) is 30.5. The molecule has 0 aliphatic rings. The number of halogens is 2. The normalized spacial score (nSPS) is 12.4. The number of sulfonamides is 1. The van der Waals surface area contributed by atoms with Gasteiger partial charge in [0, 0.05) is 27.7 Å². The molecule has 0 spiro atoms. The van der Waals surface area contributed by atoms with Gasteiger partial charge in [0.05, 0.1) is 17.7 Å². The largest absolute Gasteiger partial charge is 0.495 e. The first kappa shape index (κ1) is 32.2. The number of nitrogens with zero attached hydrogens (tertiary/aromatic N) is 2. The predicted octanol–water partition coefficient (Wildman–Crippen LogP) is 5.84. The maximum Gasteiger partial charge on any atom is 0.264 e. The maximum absolute atomic E-state index is 14.1. The van der Waals surface area contributed by atoms with E-state index in [1.807, 2.05) is 27.7 Å². The Labute approximate surface area is 252 Å². The van der Waals surface area contributed by atoms with E-state index in [1.165, 1.54) is 24.1 Å². The number of carbonyl (C=O) groups excluding carboxylic acids is 2. The fourth-order valence-electron chi connectivity index (χ4n) is 4.14. The van der Waals surface area contributed by atoms with Gasteiger partial charge in [-0.1, -0.05) is 53.5 Å². The molecule has 0 saturated heterocycles. The summed E-state index contributed by atoms with van der Waals surface area (Å²) >= 11 is 12.9. The number of anilines is 1. The lowest BCUT2D eigenvalue weighted by atomic mass is 10.1. The molecule has 3 aromatic carbocycles. The van der Waals surface area contributed by atoms with Crippen LogP contribution in [0.15, 0.2) is 71.6 Å². The number of ether oxygens (including phenoxy) is 1. The first-order valence-corrected chi connectivity index (χ1v) is 15.1. The Morgan fingerprint density at radius 1 is 0.976 bits per heavy atom. The van der Waals surface area contributed by atoms with Crippen molar-refractivity contribution >= 4 is 50.7 Å². The van der Waals surface area contributed by atoms with Crippen LogP contribution in [0.2, 0.25) is 10.0 Å². The van der Waals surface area contributed by atoms with Crippen LogP contribution in [0.25, 0.3) is 0 Å². The van der Waals surface area contributed by atoms with Gasteiger partial charge in [-0.25, -0.2) is 8.42 Å². The van der Waals surface area contributed by atoms with Gasteiger partial charge in [-0.05, 0) is 76.6 Å². The second-order valence-electron chi connectivity index (χ2n) is 10.6. The SMILES string of the molecule is COc1ccc(C)cc1N(CC(=O)N(Cc1c(Cl)cccc1Cl)[C@@H](C)C(=O)NC(C)(C)C)S(=O)(=O)c1ccccc1. The van der Waals surface area contributed by atoms with Gasteiger partial charge in [-0.3, -0.25) is 13.9 Å². The Morgan fingerprint density at radius 3 is 2.15 bits per heavy atom. The molecule has 0 aromatic heterocycles. The molecule has 3 aromatic rings. The van der Waals surface area contributed by atoms with Crippen molar-refractivity contribution in [1.82, 2.24) is 10.2 Å². The summed E-state index contributed by atoms with van der Waals surface area (Å²) in [5.74, 6) is -0.789. The van der Waals surface area contributed by atoms with Gasteiger partial charge in [0.1, 0.15) is 18.3 Å². The number of rotatable bonds is 10. The molecule has 8 nitrogen and oxygen atoms in total. The standard InChI is InChI=1S/C30H35Cl2N3O5S/c1-20-15-16-27(40-6)26(17-20)35(41(38,39)22-11-8-7-9-12-22)19-28(36)34(21(2)29(37)33-30(3,4)5)18-23-24(31)13-10-14-25(23)32/h7-17,21H,18-19H2,1-6H3,(H,33,37)/t21-/m0/s1. The van der Waals surface area contributed by atoms with Gasteiger partial charge >= 0.3 is 0 Å². The van der Waals surface area contributed by atoms with Crippen molar-refractivity contribution < 1.29 is 22.7 Å². The average Bonchev–Trinajstić information content (AvgIpc) is 2.90. The quantitative estimate of drug-likeness (QED) is 0.308. The van der Waals surface area contributed by atoms with Crippen molar-refractivity contribution in [3.63, 3.8) is 0 Å². The third-order valence-electron chi connectivity index (χ3n) is 6.27. The van der Waals surface area contributed by atoms with Crippen LogP contribution >= 0.6 is 23.2 Å². The minimum Gasteiger partial charge on any atom is -0.495 e. The fraction of sp³-hybridized carbons (Fsp3) is 0.333. The summed E-state index contributed by atoms with van der Waals surface area (Å²) in [6.07, 6.45) is 0. The Morgan fingerprint density at radius 2 is 1.59 bits per heavy atom. The molecule has 0 unspecified atom stereocenters. The van der Waals surface area contributed by atoms with E-state index >= 15 is 0 Å². The summed E-state index contributed by atoms with van der Waals surface area (Å²) in [6, 6.07) is 16.8. The molecular formula is C30H35Cl2N3O5S. The van der Waals surface area contributed by atoms with E-state index in [1.54, 1.807) is 61.5 Å². The lowest BCUT2D eigenvalue weighted by molar-refractivity contribution is -0.140. The third-order valence-corrected chi connectivity index (χ3v) is 8.75. The summed E-state index contributed by atoms with van der Waals surface area (Å²) in [6.45, 7) is 8.12. The molecule has 0 aliphatic carbocycles. The van der Waals surface area contributed by atoms with Crippen LogP contribution in [0.1, 0.15) is 38.8 Å². The summed E-state index contributed by atoms with van der Waals surface area (Å²) in [5.41, 5.74) is 0.816. The van der Waals surface area contributed by atoms with E-state index in [4.69, 9.17) is 27.9 Å². The number of methoxy groups -OCH3 is 1. The van der Waals surface area contributed by atoms with E-state index in [0.29, 0.717) is 15.6 Å². The molecule has 0 radical (unpaired) electrons.